The zero-order valence-corrected chi connectivity index (χ0v) is 19.3. The van der Waals surface area contributed by atoms with E-state index in [0.29, 0.717) is 0 Å². The first-order valence-corrected chi connectivity index (χ1v) is 11.2. The van der Waals surface area contributed by atoms with Gasteiger partial charge in [-0.25, -0.2) is 4.79 Å². The molecule has 0 aliphatic carbocycles. The first-order valence-electron chi connectivity index (χ1n) is 9.61. The second kappa shape index (κ2) is 11.6. The Kier molecular flexibility index (Phi) is 8.55. The molecule has 0 aromatic heterocycles. The minimum Gasteiger partial charge on any atom is -0.497 e. The van der Waals surface area contributed by atoms with Gasteiger partial charge in [0, 0.05) is 15.8 Å². The van der Waals surface area contributed by atoms with Gasteiger partial charge in [0.05, 0.1) is 13.2 Å². The molecule has 3 rings (SSSR count). The molecule has 7 heteroatoms. The summed E-state index contributed by atoms with van der Waals surface area (Å²) < 4.78 is 11.4. The summed E-state index contributed by atoms with van der Waals surface area (Å²) in [5.74, 6) is 0.728. The minimum absolute atomic E-state index is 0.0708. The van der Waals surface area contributed by atoms with E-state index in [4.69, 9.17) is 9.47 Å². The van der Waals surface area contributed by atoms with Crippen LogP contribution < -0.4 is 10.1 Å². The summed E-state index contributed by atoms with van der Waals surface area (Å²) in [6, 6.07) is 23.7. The molecule has 0 aliphatic heterocycles. The summed E-state index contributed by atoms with van der Waals surface area (Å²) in [7, 11) is 1.60. The topological polar surface area (TPSA) is 64.6 Å². The Morgan fingerprint density at radius 2 is 1.74 bits per heavy atom. The number of ether oxygens (including phenoxy) is 2. The van der Waals surface area contributed by atoms with E-state index in [-0.39, 0.29) is 18.1 Å². The van der Waals surface area contributed by atoms with Gasteiger partial charge in [-0.05, 0) is 47.5 Å². The predicted octanol–water partition coefficient (Wildman–Crippen LogP) is 6.13. The number of halogens is 1. The second-order valence-electron chi connectivity index (χ2n) is 6.67. The lowest BCUT2D eigenvalue weighted by atomic mass is 10.0. The van der Waals surface area contributed by atoms with E-state index in [1.165, 1.54) is 0 Å². The number of carbonyl (C=O) groups excluding carboxylic acids is 2. The van der Waals surface area contributed by atoms with Gasteiger partial charge in [0.1, 0.15) is 12.4 Å². The zero-order valence-electron chi connectivity index (χ0n) is 16.9. The number of hydrogen-bond donors (Lipinski definition) is 1. The van der Waals surface area contributed by atoms with E-state index in [1.54, 1.807) is 19.2 Å². The first kappa shape index (κ1) is 22.9. The van der Waals surface area contributed by atoms with Gasteiger partial charge in [-0.2, -0.15) is 0 Å². The summed E-state index contributed by atoms with van der Waals surface area (Å²) in [4.78, 5) is 26.0. The van der Waals surface area contributed by atoms with Crippen molar-refractivity contribution in [3.05, 3.63) is 94.5 Å². The van der Waals surface area contributed by atoms with E-state index in [9.17, 15) is 9.59 Å². The van der Waals surface area contributed by atoms with Gasteiger partial charge in [-0.15, -0.1) is 0 Å². The lowest BCUT2D eigenvalue weighted by Crippen LogP contribution is -2.30. The summed E-state index contributed by atoms with van der Waals surface area (Å²) >= 11 is 4.57. The largest absolute Gasteiger partial charge is 0.497 e. The fraction of sp³-hybridized carbons (Fsp3) is 0.167. The van der Waals surface area contributed by atoms with Gasteiger partial charge in [0.25, 0.3) is 0 Å². The highest BCUT2D eigenvalue weighted by atomic mass is 79.9. The van der Waals surface area contributed by atoms with Crippen LogP contribution in [0.4, 0.5) is 4.79 Å². The molecule has 0 fully saturated rings. The highest BCUT2D eigenvalue weighted by molar-refractivity contribution is 9.10. The zero-order chi connectivity index (χ0) is 22.1. The Hall–Kier alpha value is -2.77. The third kappa shape index (κ3) is 7.45. The van der Waals surface area contributed by atoms with Crippen LogP contribution >= 0.6 is 27.7 Å². The van der Waals surface area contributed by atoms with Crippen LogP contribution in [0.3, 0.4) is 0 Å². The maximum absolute atomic E-state index is 12.7. The van der Waals surface area contributed by atoms with E-state index in [1.807, 2.05) is 66.7 Å². The minimum atomic E-state index is -0.573. The summed E-state index contributed by atoms with van der Waals surface area (Å²) in [5, 5.41) is 2.76. The van der Waals surface area contributed by atoms with Crippen molar-refractivity contribution in [2.45, 2.75) is 24.0 Å². The molecule has 1 N–H and O–H groups in total. The second-order valence-corrected chi connectivity index (χ2v) is 8.71. The fourth-order valence-electron chi connectivity index (χ4n) is 2.87. The molecule has 0 unspecified atom stereocenters. The molecule has 5 nitrogen and oxygen atoms in total. The van der Waals surface area contributed by atoms with Crippen LogP contribution in [0, 0.1) is 0 Å². The maximum atomic E-state index is 12.7. The standard InChI is InChI=1S/C24H22BrNO4S/c1-29-20-10-12-21(13-11-20)31-23(27)15-22(18-8-5-9-19(25)14-18)26-24(28)30-16-17-6-3-2-4-7-17/h2-14,22H,15-16H2,1H3,(H,26,28)/t22-/m1/s1. The number of nitrogens with one attached hydrogen (secondary N) is 1. The Morgan fingerprint density at radius 1 is 1.00 bits per heavy atom. The maximum Gasteiger partial charge on any atom is 0.407 e. The smallest absolute Gasteiger partial charge is 0.407 e. The number of rotatable bonds is 8. The average Bonchev–Trinajstić information content (AvgIpc) is 2.78. The highest BCUT2D eigenvalue weighted by Gasteiger charge is 2.20. The monoisotopic (exact) mass is 499 g/mol. The van der Waals surface area contributed by atoms with E-state index >= 15 is 0 Å². The molecule has 3 aromatic rings. The number of thioether (sulfide) groups is 1. The van der Waals surface area contributed by atoms with Crippen molar-refractivity contribution in [1.82, 2.24) is 5.32 Å². The van der Waals surface area contributed by atoms with Crippen LogP contribution in [0.15, 0.2) is 88.2 Å². The SMILES string of the molecule is COc1ccc(SC(=O)C[C@@H](NC(=O)OCc2ccccc2)c2cccc(Br)c2)cc1. The third-order valence-electron chi connectivity index (χ3n) is 4.42. The van der Waals surface area contributed by atoms with Crippen molar-refractivity contribution in [2.24, 2.45) is 0 Å². The van der Waals surface area contributed by atoms with Crippen LogP contribution in [-0.4, -0.2) is 18.3 Å². The Bertz CT molecular complexity index is 1010. The lowest BCUT2D eigenvalue weighted by Gasteiger charge is -2.19. The lowest BCUT2D eigenvalue weighted by molar-refractivity contribution is -0.111. The van der Waals surface area contributed by atoms with Crippen molar-refractivity contribution >= 4 is 38.9 Å². The molecule has 0 aliphatic rings. The van der Waals surface area contributed by atoms with E-state index < -0.39 is 12.1 Å². The van der Waals surface area contributed by atoms with Crippen molar-refractivity contribution in [2.75, 3.05) is 7.11 Å². The molecule has 31 heavy (non-hydrogen) atoms. The van der Waals surface area contributed by atoms with Crippen molar-refractivity contribution in [3.8, 4) is 5.75 Å². The average molecular weight is 500 g/mol. The van der Waals surface area contributed by atoms with Gasteiger partial charge in [-0.1, -0.05) is 70.2 Å². The molecule has 3 aromatic carbocycles. The van der Waals surface area contributed by atoms with Crippen LogP contribution in [0.1, 0.15) is 23.6 Å². The Labute approximate surface area is 194 Å². The van der Waals surface area contributed by atoms with Gasteiger partial charge >= 0.3 is 6.09 Å². The van der Waals surface area contributed by atoms with Crippen molar-refractivity contribution in [3.63, 3.8) is 0 Å². The number of alkyl carbamates (subject to hydrolysis) is 1. The Morgan fingerprint density at radius 3 is 2.42 bits per heavy atom. The molecule has 1 amide bonds. The van der Waals surface area contributed by atoms with Crippen LogP contribution in [-0.2, 0) is 16.1 Å². The fourth-order valence-corrected chi connectivity index (χ4v) is 4.07. The highest BCUT2D eigenvalue weighted by Crippen LogP contribution is 2.28. The number of benzene rings is 3. The van der Waals surface area contributed by atoms with Crippen LogP contribution in [0.5, 0.6) is 5.75 Å². The van der Waals surface area contributed by atoms with Crippen LogP contribution in [0.25, 0.3) is 0 Å². The molecule has 0 bridgehead atoms. The molecule has 1 atom stereocenters. The number of carbonyl (C=O) groups is 2. The summed E-state index contributed by atoms with van der Waals surface area (Å²) in [5.41, 5.74) is 1.71. The molecule has 0 radical (unpaired) electrons. The van der Waals surface area contributed by atoms with Crippen molar-refractivity contribution < 1.29 is 19.1 Å². The third-order valence-corrected chi connectivity index (χ3v) is 5.81. The summed E-state index contributed by atoms with van der Waals surface area (Å²) in [6.45, 7) is 0.159. The quantitative estimate of drug-likeness (QED) is 0.377. The van der Waals surface area contributed by atoms with Crippen molar-refractivity contribution in [1.29, 1.82) is 0 Å². The van der Waals surface area contributed by atoms with E-state index in [0.717, 1.165) is 38.0 Å². The van der Waals surface area contributed by atoms with Gasteiger partial charge in [0.15, 0.2) is 5.12 Å². The molecule has 0 saturated carbocycles. The predicted molar refractivity (Wildman–Crippen MR) is 125 cm³/mol. The number of amides is 1. The molecule has 0 heterocycles. The molecular weight excluding hydrogens is 478 g/mol. The Balaban J connectivity index is 1.65. The number of methoxy groups -OCH3 is 1. The molecule has 160 valence electrons. The van der Waals surface area contributed by atoms with Crippen LogP contribution in [0.2, 0.25) is 0 Å². The van der Waals surface area contributed by atoms with Gasteiger partial charge in [-0.3, -0.25) is 4.79 Å². The van der Waals surface area contributed by atoms with Gasteiger partial charge < -0.3 is 14.8 Å². The summed E-state index contributed by atoms with van der Waals surface area (Å²) in [6.07, 6.45) is -0.454. The number of hydrogen-bond acceptors (Lipinski definition) is 5. The first-order chi connectivity index (χ1) is 15.0. The molecule has 0 saturated heterocycles. The van der Waals surface area contributed by atoms with Gasteiger partial charge in [0.2, 0.25) is 0 Å². The van der Waals surface area contributed by atoms with E-state index in [2.05, 4.69) is 21.2 Å². The molecular formula is C24H22BrNO4S. The normalized spacial score (nSPS) is 11.4. The molecule has 0 spiro atoms.